The molecule has 4 fully saturated rings. The van der Waals surface area contributed by atoms with Crippen LogP contribution in [0.15, 0.2) is 22.9 Å². The van der Waals surface area contributed by atoms with E-state index in [9.17, 15) is 9.59 Å². The molecule has 6 heteroatoms. The van der Waals surface area contributed by atoms with Gasteiger partial charge in [0.05, 0.1) is 5.56 Å². The lowest BCUT2D eigenvalue weighted by Crippen LogP contribution is -2.56. The zero-order valence-electron chi connectivity index (χ0n) is 15.0. The molecule has 5 nitrogen and oxygen atoms in total. The summed E-state index contributed by atoms with van der Waals surface area (Å²) in [6.07, 6.45) is 10.9. The molecule has 1 heterocycles. The Morgan fingerprint density at radius 2 is 1.85 bits per heavy atom. The minimum atomic E-state index is -0.531. The van der Waals surface area contributed by atoms with Crippen molar-refractivity contribution in [3.63, 3.8) is 0 Å². The maximum atomic E-state index is 12.3. The van der Waals surface area contributed by atoms with Crippen molar-refractivity contribution in [2.75, 3.05) is 6.61 Å². The summed E-state index contributed by atoms with van der Waals surface area (Å²) in [5.74, 6) is 1.80. The predicted octanol–water partition coefficient (Wildman–Crippen LogP) is 3.72. The highest BCUT2D eigenvalue weighted by Crippen LogP contribution is 2.61. The van der Waals surface area contributed by atoms with E-state index in [1.54, 1.807) is 12.3 Å². The van der Waals surface area contributed by atoms with Crippen LogP contribution in [0.25, 0.3) is 0 Å². The van der Waals surface area contributed by atoms with Gasteiger partial charge in [-0.05, 0) is 90.6 Å². The van der Waals surface area contributed by atoms with Gasteiger partial charge in [-0.1, -0.05) is 0 Å². The van der Waals surface area contributed by atoms with Gasteiger partial charge in [-0.15, -0.1) is 0 Å². The third-order valence-corrected chi connectivity index (χ3v) is 7.09. The van der Waals surface area contributed by atoms with Crippen LogP contribution in [0.2, 0.25) is 0 Å². The number of hydrogen-bond donors (Lipinski definition) is 1. The van der Waals surface area contributed by atoms with Crippen LogP contribution < -0.4 is 5.32 Å². The zero-order valence-corrected chi connectivity index (χ0v) is 16.6. The Kier molecular flexibility index (Phi) is 4.80. The summed E-state index contributed by atoms with van der Waals surface area (Å²) < 4.78 is 5.85. The number of rotatable bonds is 5. The third-order valence-electron chi connectivity index (χ3n) is 6.66. The van der Waals surface area contributed by atoms with E-state index in [1.807, 2.05) is 0 Å². The smallest absolute Gasteiger partial charge is 0.340 e. The molecule has 1 unspecified atom stereocenters. The molecule has 4 saturated carbocycles. The van der Waals surface area contributed by atoms with Gasteiger partial charge in [0.15, 0.2) is 6.61 Å². The second kappa shape index (κ2) is 6.95. The van der Waals surface area contributed by atoms with Crippen LogP contribution in [0.3, 0.4) is 0 Å². The maximum absolute atomic E-state index is 12.3. The normalized spacial score (nSPS) is 32.9. The van der Waals surface area contributed by atoms with Gasteiger partial charge in [-0.25, -0.2) is 4.79 Å². The molecular formula is C20H25BrN2O3. The number of hydrogen-bond acceptors (Lipinski definition) is 4. The Hall–Kier alpha value is -1.43. The highest BCUT2D eigenvalue weighted by atomic mass is 79.9. The van der Waals surface area contributed by atoms with E-state index < -0.39 is 5.97 Å². The highest BCUT2D eigenvalue weighted by molar-refractivity contribution is 9.10. The highest BCUT2D eigenvalue weighted by Gasteiger charge is 2.53. The lowest BCUT2D eigenvalue weighted by atomic mass is 9.48. The summed E-state index contributed by atoms with van der Waals surface area (Å²) in [4.78, 5) is 28.3. The number of aromatic nitrogens is 1. The molecule has 140 valence electrons. The molecule has 4 bridgehead atoms. The Bertz CT molecular complexity index is 685. The molecule has 5 rings (SSSR count). The molecule has 4 aliphatic carbocycles. The van der Waals surface area contributed by atoms with Crippen LogP contribution in [0.5, 0.6) is 0 Å². The van der Waals surface area contributed by atoms with Crippen molar-refractivity contribution in [2.24, 2.45) is 23.2 Å². The summed E-state index contributed by atoms with van der Waals surface area (Å²) in [5, 5.41) is 3.11. The quantitative estimate of drug-likeness (QED) is 0.736. The van der Waals surface area contributed by atoms with E-state index in [1.165, 1.54) is 44.7 Å². The van der Waals surface area contributed by atoms with Gasteiger partial charge in [0.2, 0.25) is 0 Å². The fourth-order valence-corrected chi connectivity index (χ4v) is 6.25. The fourth-order valence-electron chi connectivity index (χ4n) is 5.88. The van der Waals surface area contributed by atoms with Gasteiger partial charge >= 0.3 is 5.97 Å². The first-order chi connectivity index (χ1) is 12.4. The van der Waals surface area contributed by atoms with Crippen molar-refractivity contribution in [2.45, 2.75) is 51.5 Å². The van der Waals surface area contributed by atoms with E-state index in [0.29, 0.717) is 10.0 Å². The second-order valence-electron chi connectivity index (χ2n) is 8.54. The molecule has 1 N–H and O–H groups in total. The van der Waals surface area contributed by atoms with Crippen molar-refractivity contribution < 1.29 is 14.3 Å². The monoisotopic (exact) mass is 420 g/mol. The molecule has 0 radical (unpaired) electrons. The second-order valence-corrected chi connectivity index (χ2v) is 9.45. The number of carbonyl (C=O) groups excluding carboxylic acids is 2. The first kappa shape index (κ1) is 18.0. The van der Waals surface area contributed by atoms with Crippen molar-refractivity contribution in [3.05, 3.63) is 28.5 Å². The number of esters is 1. The van der Waals surface area contributed by atoms with Crippen LogP contribution in [0.4, 0.5) is 0 Å². The minimum Gasteiger partial charge on any atom is -0.452 e. The molecule has 26 heavy (non-hydrogen) atoms. The average molecular weight is 421 g/mol. The average Bonchev–Trinajstić information content (AvgIpc) is 2.58. The van der Waals surface area contributed by atoms with Gasteiger partial charge in [0.1, 0.15) is 0 Å². The van der Waals surface area contributed by atoms with Crippen molar-refractivity contribution in [1.29, 1.82) is 0 Å². The number of nitrogens with one attached hydrogen (secondary N) is 1. The number of halogens is 1. The molecular weight excluding hydrogens is 396 g/mol. The van der Waals surface area contributed by atoms with Crippen LogP contribution in [0.1, 0.15) is 55.8 Å². The molecule has 1 atom stereocenters. The SMILES string of the molecule is CC(NC(=O)COC(=O)c1cncc(Br)c1)C12CC3CC(CC(C3)C1)C2. The molecule has 0 saturated heterocycles. The fraction of sp³-hybridized carbons (Fsp3) is 0.650. The standard InChI is InChI=1S/C20H25BrN2O3/c1-12(20-6-13-2-14(7-20)4-15(3-13)8-20)23-18(24)11-26-19(25)16-5-17(21)10-22-9-16/h5,9-10,12-15H,2-4,6-8,11H2,1H3,(H,23,24). The Labute approximate surface area is 162 Å². The Morgan fingerprint density at radius 3 is 2.42 bits per heavy atom. The lowest BCUT2D eigenvalue weighted by molar-refractivity contribution is -0.128. The van der Waals surface area contributed by atoms with E-state index in [2.05, 4.69) is 33.2 Å². The van der Waals surface area contributed by atoms with Gasteiger partial charge in [0.25, 0.3) is 5.91 Å². The minimum absolute atomic E-state index is 0.134. The van der Waals surface area contributed by atoms with Crippen LogP contribution in [-0.4, -0.2) is 29.5 Å². The molecule has 0 aromatic carbocycles. The lowest BCUT2D eigenvalue weighted by Gasteiger charge is -2.59. The Morgan fingerprint density at radius 1 is 1.23 bits per heavy atom. The van der Waals surface area contributed by atoms with E-state index >= 15 is 0 Å². The van der Waals surface area contributed by atoms with Crippen molar-refractivity contribution in [3.8, 4) is 0 Å². The van der Waals surface area contributed by atoms with Crippen LogP contribution >= 0.6 is 15.9 Å². The van der Waals surface area contributed by atoms with E-state index in [4.69, 9.17) is 4.74 Å². The molecule has 0 spiro atoms. The maximum Gasteiger partial charge on any atom is 0.340 e. The van der Waals surface area contributed by atoms with Crippen LogP contribution in [0, 0.1) is 23.2 Å². The van der Waals surface area contributed by atoms with Crippen molar-refractivity contribution >= 4 is 27.8 Å². The zero-order chi connectivity index (χ0) is 18.3. The molecule has 4 aliphatic rings. The Balaban J connectivity index is 1.31. The first-order valence-corrected chi connectivity index (χ1v) is 10.3. The number of carbonyl (C=O) groups is 2. The van der Waals surface area contributed by atoms with E-state index in [0.717, 1.165) is 17.8 Å². The molecule has 1 aromatic heterocycles. The largest absolute Gasteiger partial charge is 0.452 e. The summed E-state index contributed by atoms with van der Waals surface area (Å²) in [5.41, 5.74) is 0.587. The van der Waals surface area contributed by atoms with Crippen LogP contribution in [-0.2, 0) is 9.53 Å². The first-order valence-electron chi connectivity index (χ1n) is 9.50. The molecule has 1 amide bonds. The third kappa shape index (κ3) is 3.53. The van der Waals surface area contributed by atoms with E-state index in [-0.39, 0.29) is 24.0 Å². The molecule has 1 aromatic rings. The number of pyridine rings is 1. The predicted molar refractivity (Wildman–Crippen MR) is 100 cm³/mol. The summed E-state index contributed by atoms with van der Waals surface area (Å²) in [6, 6.07) is 1.76. The summed E-state index contributed by atoms with van der Waals surface area (Å²) in [6.45, 7) is 1.88. The van der Waals surface area contributed by atoms with Gasteiger partial charge in [-0.2, -0.15) is 0 Å². The van der Waals surface area contributed by atoms with Gasteiger partial charge in [-0.3, -0.25) is 9.78 Å². The number of nitrogens with zero attached hydrogens (tertiary/aromatic N) is 1. The number of amides is 1. The van der Waals surface area contributed by atoms with Crippen molar-refractivity contribution in [1.82, 2.24) is 10.3 Å². The van der Waals surface area contributed by atoms with Gasteiger partial charge in [0, 0.05) is 22.9 Å². The topological polar surface area (TPSA) is 68.3 Å². The summed E-state index contributed by atoms with van der Waals surface area (Å²) >= 11 is 3.27. The number of ether oxygens (including phenoxy) is 1. The van der Waals surface area contributed by atoms with Gasteiger partial charge < -0.3 is 10.1 Å². The molecule has 0 aliphatic heterocycles. The summed E-state index contributed by atoms with van der Waals surface area (Å²) in [7, 11) is 0.